The van der Waals surface area contributed by atoms with E-state index >= 15 is 0 Å². The van der Waals surface area contributed by atoms with Gasteiger partial charge >= 0.3 is 5.97 Å². The van der Waals surface area contributed by atoms with Crippen LogP contribution in [0, 0.1) is 5.82 Å². The third-order valence-electron chi connectivity index (χ3n) is 3.64. The fraction of sp³-hybridized carbons (Fsp3) is 0.556. The number of ether oxygens (including phenoxy) is 1. The van der Waals surface area contributed by atoms with Crippen molar-refractivity contribution in [2.24, 2.45) is 0 Å². The van der Waals surface area contributed by atoms with Crippen LogP contribution in [0.5, 0.6) is 0 Å². The highest BCUT2D eigenvalue weighted by atomic mass is 35.5. The quantitative estimate of drug-likeness (QED) is 0.459. The Morgan fingerprint density at radius 2 is 1.92 bits per heavy atom. The minimum atomic E-state index is -0.651. The molecular formula is C18H25ClFNO3. The van der Waals surface area contributed by atoms with Gasteiger partial charge in [-0.05, 0) is 25.5 Å². The maximum Gasteiger partial charge on any atom is 0.307 e. The topological polar surface area (TPSA) is 46.6 Å². The summed E-state index contributed by atoms with van der Waals surface area (Å²) < 4.78 is 18.9. The summed E-state index contributed by atoms with van der Waals surface area (Å²) >= 11 is 5.99. The molecule has 0 heterocycles. The Kier molecular flexibility index (Phi) is 9.38. The highest BCUT2D eigenvalue weighted by Crippen LogP contribution is 2.21. The van der Waals surface area contributed by atoms with Crippen molar-refractivity contribution in [3.8, 4) is 0 Å². The number of benzene rings is 1. The van der Waals surface area contributed by atoms with Gasteiger partial charge in [0.1, 0.15) is 5.82 Å². The van der Waals surface area contributed by atoms with E-state index in [2.05, 4.69) is 6.92 Å². The number of amides is 1. The van der Waals surface area contributed by atoms with Crippen LogP contribution < -0.4 is 0 Å². The Morgan fingerprint density at radius 3 is 2.54 bits per heavy atom. The molecule has 0 atom stereocenters. The predicted molar refractivity (Wildman–Crippen MR) is 92.7 cm³/mol. The second kappa shape index (κ2) is 11.0. The molecule has 0 fully saturated rings. The number of halogens is 2. The zero-order valence-electron chi connectivity index (χ0n) is 14.3. The van der Waals surface area contributed by atoms with E-state index in [1.165, 1.54) is 23.1 Å². The SMILES string of the molecule is CCCCCCN(CCC(=O)OCC)C(=O)c1c(F)cccc1Cl. The number of hydrogen-bond donors (Lipinski definition) is 0. The smallest absolute Gasteiger partial charge is 0.307 e. The average Bonchev–Trinajstić information content (AvgIpc) is 2.54. The van der Waals surface area contributed by atoms with Crippen LogP contribution in [0.1, 0.15) is 56.3 Å². The monoisotopic (exact) mass is 357 g/mol. The molecule has 0 spiro atoms. The Morgan fingerprint density at radius 1 is 1.17 bits per heavy atom. The zero-order valence-corrected chi connectivity index (χ0v) is 15.1. The molecule has 134 valence electrons. The van der Waals surface area contributed by atoms with Crippen molar-refractivity contribution in [1.82, 2.24) is 4.90 Å². The molecule has 0 unspecified atom stereocenters. The first-order chi connectivity index (χ1) is 11.5. The summed E-state index contributed by atoms with van der Waals surface area (Å²) in [4.78, 5) is 25.7. The van der Waals surface area contributed by atoms with Gasteiger partial charge in [0.25, 0.3) is 5.91 Å². The Labute approximate surface area is 147 Å². The predicted octanol–water partition coefficient (Wildman–Crippen LogP) is 4.45. The van der Waals surface area contributed by atoms with Crippen LogP contribution >= 0.6 is 11.6 Å². The maximum absolute atomic E-state index is 14.0. The summed E-state index contributed by atoms with van der Waals surface area (Å²) in [5.41, 5.74) is -0.140. The number of hydrogen-bond acceptors (Lipinski definition) is 3. The molecule has 0 bridgehead atoms. The van der Waals surface area contributed by atoms with E-state index in [9.17, 15) is 14.0 Å². The van der Waals surface area contributed by atoms with E-state index in [1.807, 2.05) is 0 Å². The highest BCUT2D eigenvalue weighted by Gasteiger charge is 2.22. The van der Waals surface area contributed by atoms with Gasteiger partial charge in [-0.3, -0.25) is 9.59 Å². The summed E-state index contributed by atoms with van der Waals surface area (Å²) in [6, 6.07) is 4.15. The van der Waals surface area contributed by atoms with Crippen LogP contribution in [0.15, 0.2) is 18.2 Å². The molecule has 0 N–H and O–H groups in total. The lowest BCUT2D eigenvalue weighted by Gasteiger charge is -2.23. The van der Waals surface area contributed by atoms with Crippen molar-refractivity contribution in [3.63, 3.8) is 0 Å². The molecular weight excluding hydrogens is 333 g/mol. The lowest BCUT2D eigenvalue weighted by Crippen LogP contribution is -2.35. The molecule has 0 saturated heterocycles. The number of unbranched alkanes of at least 4 members (excludes halogenated alkanes) is 3. The summed E-state index contributed by atoms with van der Waals surface area (Å²) in [6.45, 7) is 4.77. The van der Waals surface area contributed by atoms with E-state index in [-0.39, 0.29) is 29.5 Å². The van der Waals surface area contributed by atoms with Gasteiger partial charge in [0.05, 0.1) is 23.6 Å². The first-order valence-electron chi connectivity index (χ1n) is 8.40. The third-order valence-corrected chi connectivity index (χ3v) is 3.95. The molecule has 0 radical (unpaired) electrons. The van der Waals surface area contributed by atoms with Gasteiger partial charge in [-0.15, -0.1) is 0 Å². The lowest BCUT2D eigenvalue weighted by atomic mass is 10.1. The normalized spacial score (nSPS) is 10.5. The van der Waals surface area contributed by atoms with E-state index in [1.54, 1.807) is 6.92 Å². The molecule has 1 aromatic carbocycles. The molecule has 6 heteroatoms. The van der Waals surface area contributed by atoms with E-state index in [0.717, 1.165) is 25.7 Å². The first kappa shape index (κ1) is 20.4. The van der Waals surface area contributed by atoms with Crippen LogP contribution in [-0.4, -0.2) is 36.5 Å². The number of nitrogens with zero attached hydrogens (tertiary/aromatic N) is 1. The van der Waals surface area contributed by atoms with E-state index in [4.69, 9.17) is 16.3 Å². The second-order valence-corrected chi connectivity index (χ2v) is 5.91. The first-order valence-corrected chi connectivity index (χ1v) is 8.77. The van der Waals surface area contributed by atoms with Gasteiger partial charge in [-0.25, -0.2) is 4.39 Å². The van der Waals surface area contributed by atoms with Gasteiger partial charge in [-0.1, -0.05) is 43.9 Å². The summed E-state index contributed by atoms with van der Waals surface area (Å²) in [6.07, 6.45) is 4.01. The van der Waals surface area contributed by atoms with Crippen LogP contribution in [-0.2, 0) is 9.53 Å². The van der Waals surface area contributed by atoms with Gasteiger partial charge in [-0.2, -0.15) is 0 Å². The summed E-state index contributed by atoms with van der Waals surface area (Å²) in [5.74, 6) is -1.51. The van der Waals surface area contributed by atoms with Crippen molar-refractivity contribution < 1.29 is 18.7 Å². The zero-order chi connectivity index (χ0) is 17.9. The molecule has 1 amide bonds. The van der Waals surface area contributed by atoms with Crippen molar-refractivity contribution in [1.29, 1.82) is 0 Å². The molecule has 4 nitrogen and oxygen atoms in total. The van der Waals surface area contributed by atoms with Gasteiger partial charge in [0, 0.05) is 13.1 Å². The molecule has 0 aliphatic rings. The van der Waals surface area contributed by atoms with Crippen LogP contribution in [0.4, 0.5) is 4.39 Å². The van der Waals surface area contributed by atoms with Gasteiger partial charge in [0.15, 0.2) is 0 Å². The Bertz CT molecular complexity index is 531. The average molecular weight is 358 g/mol. The van der Waals surface area contributed by atoms with Crippen molar-refractivity contribution in [2.75, 3.05) is 19.7 Å². The third kappa shape index (κ3) is 6.48. The Hall–Kier alpha value is -1.62. The Balaban J connectivity index is 2.81. The number of esters is 1. The molecule has 0 aliphatic heterocycles. The van der Waals surface area contributed by atoms with Crippen LogP contribution in [0.2, 0.25) is 5.02 Å². The van der Waals surface area contributed by atoms with Crippen molar-refractivity contribution >= 4 is 23.5 Å². The summed E-state index contributed by atoms with van der Waals surface area (Å²) in [5, 5.41) is 0.0784. The van der Waals surface area contributed by atoms with Crippen LogP contribution in [0.3, 0.4) is 0 Å². The minimum Gasteiger partial charge on any atom is -0.466 e. The van der Waals surface area contributed by atoms with Crippen molar-refractivity contribution in [3.05, 3.63) is 34.6 Å². The molecule has 1 rings (SSSR count). The number of carbonyl (C=O) groups excluding carboxylic acids is 2. The minimum absolute atomic E-state index is 0.0784. The number of carbonyl (C=O) groups is 2. The molecule has 24 heavy (non-hydrogen) atoms. The second-order valence-electron chi connectivity index (χ2n) is 5.50. The van der Waals surface area contributed by atoms with Gasteiger partial charge in [0.2, 0.25) is 0 Å². The fourth-order valence-electron chi connectivity index (χ4n) is 2.36. The number of rotatable bonds is 10. The van der Waals surface area contributed by atoms with Crippen molar-refractivity contribution in [2.45, 2.75) is 46.0 Å². The van der Waals surface area contributed by atoms with Crippen LogP contribution in [0.25, 0.3) is 0 Å². The highest BCUT2D eigenvalue weighted by molar-refractivity contribution is 6.33. The summed E-state index contributed by atoms with van der Waals surface area (Å²) in [7, 11) is 0. The molecule has 0 saturated carbocycles. The van der Waals surface area contributed by atoms with E-state index in [0.29, 0.717) is 13.2 Å². The maximum atomic E-state index is 14.0. The molecule has 1 aromatic rings. The molecule has 0 aromatic heterocycles. The molecule has 0 aliphatic carbocycles. The largest absolute Gasteiger partial charge is 0.466 e. The van der Waals surface area contributed by atoms with E-state index < -0.39 is 11.7 Å². The van der Waals surface area contributed by atoms with Gasteiger partial charge < -0.3 is 9.64 Å². The standard InChI is InChI=1S/C18H25ClFNO3/c1-3-5-6-7-12-21(13-11-16(22)24-4-2)18(23)17-14(19)9-8-10-15(17)20/h8-10H,3-7,11-13H2,1-2H3. The lowest BCUT2D eigenvalue weighted by molar-refractivity contribution is -0.143. The fourth-order valence-corrected chi connectivity index (χ4v) is 2.61.